The fourth-order valence-corrected chi connectivity index (χ4v) is 2.61. The second kappa shape index (κ2) is 6.64. The summed E-state index contributed by atoms with van der Waals surface area (Å²) in [5, 5.41) is 4.19. The van der Waals surface area contributed by atoms with Gasteiger partial charge in [0.1, 0.15) is 5.82 Å². The number of rotatable bonds is 5. The van der Waals surface area contributed by atoms with Gasteiger partial charge in [0.05, 0.1) is 14.9 Å². The Balaban J connectivity index is 1.93. The van der Waals surface area contributed by atoms with Crippen molar-refractivity contribution in [3.63, 3.8) is 0 Å². The number of halogens is 2. The first-order valence-electron chi connectivity index (χ1n) is 6.20. The second-order valence-electron chi connectivity index (χ2n) is 4.58. The highest BCUT2D eigenvalue weighted by molar-refractivity contribution is 7.90. The zero-order valence-corrected chi connectivity index (χ0v) is 13.6. The SMILES string of the molecule is CS(=O)(=O)c1ccc(NCCc2ccc(Cl)c(Cl)c2)nc1. The third-order valence-corrected chi connectivity index (χ3v) is 4.71. The van der Waals surface area contributed by atoms with Gasteiger partial charge in [0.15, 0.2) is 9.84 Å². The number of hydrogen-bond donors (Lipinski definition) is 1. The fourth-order valence-electron chi connectivity index (χ4n) is 1.73. The number of nitrogens with zero attached hydrogens (tertiary/aromatic N) is 1. The molecule has 1 aromatic carbocycles. The summed E-state index contributed by atoms with van der Waals surface area (Å²) >= 11 is 11.8. The van der Waals surface area contributed by atoms with Crippen LogP contribution in [0.2, 0.25) is 10.0 Å². The Kier molecular flexibility index (Phi) is 5.08. The van der Waals surface area contributed by atoms with E-state index in [4.69, 9.17) is 23.2 Å². The number of pyridine rings is 1. The van der Waals surface area contributed by atoms with Crippen molar-refractivity contribution in [3.05, 3.63) is 52.1 Å². The highest BCUT2D eigenvalue weighted by Crippen LogP contribution is 2.22. The van der Waals surface area contributed by atoms with Crippen molar-refractivity contribution >= 4 is 38.9 Å². The predicted octanol–water partition coefficient (Wildman–Crippen LogP) is 3.45. The summed E-state index contributed by atoms with van der Waals surface area (Å²) in [6.45, 7) is 0.656. The van der Waals surface area contributed by atoms with Gasteiger partial charge in [-0.05, 0) is 36.2 Å². The summed E-state index contributed by atoms with van der Waals surface area (Å²) in [4.78, 5) is 4.28. The normalized spacial score (nSPS) is 11.4. The molecule has 0 aliphatic heterocycles. The minimum atomic E-state index is -3.21. The van der Waals surface area contributed by atoms with Crippen molar-refractivity contribution in [1.82, 2.24) is 4.98 Å². The number of nitrogens with one attached hydrogen (secondary N) is 1. The van der Waals surface area contributed by atoms with Crippen LogP contribution in [0.1, 0.15) is 5.56 Å². The van der Waals surface area contributed by atoms with Crippen molar-refractivity contribution < 1.29 is 8.42 Å². The van der Waals surface area contributed by atoms with Gasteiger partial charge in [-0.15, -0.1) is 0 Å². The molecule has 21 heavy (non-hydrogen) atoms. The number of benzene rings is 1. The molecule has 0 radical (unpaired) electrons. The molecule has 1 aromatic heterocycles. The molecule has 0 fully saturated rings. The third kappa shape index (κ3) is 4.59. The lowest BCUT2D eigenvalue weighted by atomic mass is 10.1. The second-order valence-corrected chi connectivity index (χ2v) is 7.41. The highest BCUT2D eigenvalue weighted by Gasteiger charge is 2.07. The van der Waals surface area contributed by atoms with E-state index in [9.17, 15) is 8.42 Å². The van der Waals surface area contributed by atoms with Crippen LogP contribution in [0.5, 0.6) is 0 Å². The van der Waals surface area contributed by atoms with Crippen LogP contribution >= 0.6 is 23.2 Å². The smallest absolute Gasteiger partial charge is 0.177 e. The Bertz CT molecular complexity index is 731. The summed E-state index contributed by atoms with van der Waals surface area (Å²) in [5.41, 5.74) is 1.06. The van der Waals surface area contributed by atoms with Crippen LogP contribution in [0.4, 0.5) is 5.82 Å². The lowest BCUT2D eigenvalue weighted by molar-refractivity contribution is 0.601. The van der Waals surface area contributed by atoms with Crippen LogP contribution in [-0.2, 0) is 16.3 Å². The van der Waals surface area contributed by atoms with Crippen molar-refractivity contribution in [3.8, 4) is 0 Å². The lowest BCUT2D eigenvalue weighted by Crippen LogP contribution is -2.07. The Morgan fingerprint density at radius 2 is 1.90 bits per heavy atom. The van der Waals surface area contributed by atoms with Crippen LogP contribution in [0.3, 0.4) is 0 Å². The number of aromatic nitrogens is 1. The first-order valence-corrected chi connectivity index (χ1v) is 8.85. The fraction of sp³-hybridized carbons (Fsp3) is 0.214. The molecule has 0 aliphatic carbocycles. The molecule has 1 heterocycles. The van der Waals surface area contributed by atoms with Crippen LogP contribution in [0.15, 0.2) is 41.4 Å². The van der Waals surface area contributed by atoms with Gasteiger partial charge in [-0.2, -0.15) is 0 Å². The van der Waals surface area contributed by atoms with E-state index in [0.717, 1.165) is 18.2 Å². The summed E-state index contributed by atoms with van der Waals surface area (Å²) in [7, 11) is -3.21. The molecule has 7 heteroatoms. The van der Waals surface area contributed by atoms with E-state index in [1.807, 2.05) is 12.1 Å². The van der Waals surface area contributed by atoms with Crippen molar-refractivity contribution in [2.24, 2.45) is 0 Å². The molecule has 0 bridgehead atoms. The van der Waals surface area contributed by atoms with E-state index in [1.165, 1.54) is 12.3 Å². The van der Waals surface area contributed by atoms with E-state index in [2.05, 4.69) is 10.3 Å². The molecule has 4 nitrogen and oxygen atoms in total. The quantitative estimate of drug-likeness (QED) is 0.902. The molecule has 2 aromatic rings. The molecule has 0 aliphatic rings. The third-order valence-electron chi connectivity index (χ3n) is 2.87. The average Bonchev–Trinajstić information content (AvgIpc) is 2.42. The molecule has 2 rings (SSSR count). The largest absolute Gasteiger partial charge is 0.370 e. The van der Waals surface area contributed by atoms with E-state index < -0.39 is 9.84 Å². The van der Waals surface area contributed by atoms with Crippen LogP contribution < -0.4 is 5.32 Å². The molecule has 112 valence electrons. The van der Waals surface area contributed by atoms with Gasteiger partial charge in [-0.25, -0.2) is 13.4 Å². The van der Waals surface area contributed by atoms with Gasteiger partial charge in [0.25, 0.3) is 0 Å². The minimum Gasteiger partial charge on any atom is -0.370 e. The zero-order valence-electron chi connectivity index (χ0n) is 11.3. The van der Waals surface area contributed by atoms with E-state index in [1.54, 1.807) is 12.1 Å². The van der Waals surface area contributed by atoms with Crippen LogP contribution in [-0.4, -0.2) is 26.2 Å². The number of hydrogen-bond acceptors (Lipinski definition) is 4. The number of anilines is 1. The minimum absolute atomic E-state index is 0.206. The molecule has 0 unspecified atom stereocenters. The molecule has 1 N–H and O–H groups in total. The van der Waals surface area contributed by atoms with Crippen molar-refractivity contribution in [1.29, 1.82) is 0 Å². The van der Waals surface area contributed by atoms with E-state index >= 15 is 0 Å². The number of sulfone groups is 1. The van der Waals surface area contributed by atoms with Crippen molar-refractivity contribution in [2.75, 3.05) is 18.1 Å². The summed E-state index contributed by atoms with van der Waals surface area (Å²) in [6.07, 6.45) is 3.25. The molecular formula is C14H14Cl2N2O2S. The molecule has 0 atom stereocenters. The standard InChI is InChI=1S/C14H14Cl2N2O2S/c1-21(19,20)11-3-5-14(18-9-11)17-7-6-10-2-4-12(15)13(16)8-10/h2-5,8-9H,6-7H2,1H3,(H,17,18). The Morgan fingerprint density at radius 1 is 1.14 bits per heavy atom. The maximum Gasteiger partial charge on any atom is 0.177 e. The Labute approximate surface area is 134 Å². The van der Waals surface area contributed by atoms with Gasteiger partial charge in [0.2, 0.25) is 0 Å². The summed E-state index contributed by atoms with van der Waals surface area (Å²) in [6, 6.07) is 8.68. The van der Waals surface area contributed by atoms with Gasteiger partial charge in [-0.3, -0.25) is 0 Å². The van der Waals surface area contributed by atoms with Gasteiger partial charge >= 0.3 is 0 Å². The first-order chi connectivity index (χ1) is 9.86. The topological polar surface area (TPSA) is 59.1 Å². The lowest BCUT2D eigenvalue weighted by Gasteiger charge is -2.07. The average molecular weight is 345 g/mol. The van der Waals surface area contributed by atoms with E-state index in [0.29, 0.717) is 22.4 Å². The van der Waals surface area contributed by atoms with Crippen LogP contribution in [0.25, 0.3) is 0 Å². The monoisotopic (exact) mass is 344 g/mol. The maximum absolute atomic E-state index is 11.3. The molecule has 0 spiro atoms. The molecule has 0 saturated carbocycles. The van der Waals surface area contributed by atoms with Gasteiger partial charge in [0, 0.05) is 19.0 Å². The van der Waals surface area contributed by atoms with E-state index in [-0.39, 0.29) is 4.90 Å². The first kappa shape index (κ1) is 16.1. The summed E-state index contributed by atoms with van der Waals surface area (Å²) in [5.74, 6) is 0.627. The summed E-state index contributed by atoms with van der Waals surface area (Å²) < 4.78 is 22.6. The molecule has 0 amide bonds. The highest BCUT2D eigenvalue weighted by atomic mass is 35.5. The predicted molar refractivity (Wildman–Crippen MR) is 86.0 cm³/mol. The van der Waals surface area contributed by atoms with Gasteiger partial charge in [-0.1, -0.05) is 29.3 Å². The molecular weight excluding hydrogens is 331 g/mol. The Hall–Kier alpha value is -1.30. The maximum atomic E-state index is 11.3. The molecule has 0 saturated heterocycles. The van der Waals surface area contributed by atoms with Crippen molar-refractivity contribution in [2.45, 2.75) is 11.3 Å². The van der Waals surface area contributed by atoms with Gasteiger partial charge < -0.3 is 5.32 Å². The zero-order chi connectivity index (χ0) is 15.5. The Morgan fingerprint density at radius 3 is 2.48 bits per heavy atom. The van der Waals surface area contributed by atoms with Crippen LogP contribution in [0, 0.1) is 0 Å².